The van der Waals surface area contributed by atoms with Gasteiger partial charge in [-0.3, -0.25) is 0 Å². The summed E-state index contributed by atoms with van der Waals surface area (Å²) in [5, 5.41) is 8.55. The highest BCUT2D eigenvalue weighted by Crippen LogP contribution is 2.39. The quantitative estimate of drug-likeness (QED) is 0.225. The lowest BCUT2D eigenvalue weighted by Gasteiger charge is -2.29. The van der Waals surface area contributed by atoms with Crippen LogP contribution in [0.5, 0.6) is 5.75 Å². The Morgan fingerprint density at radius 3 is 1.94 bits per heavy atom. The van der Waals surface area contributed by atoms with Crippen molar-refractivity contribution in [3.63, 3.8) is 0 Å². The Morgan fingerprint density at radius 1 is 0.906 bits per heavy atom. The number of nitriles is 1. The molecule has 3 rings (SSSR count). The fourth-order valence-electron chi connectivity index (χ4n) is 5.48. The van der Waals surface area contributed by atoms with Crippen LogP contribution in [0.2, 0.25) is 0 Å². The van der Waals surface area contributed by atoms with E-state index in [4.69, 9.17) is 5.26 Å². The zero-order chi connectivity index (χ0) is 23.0. The van der Waals surface area contributed by atoms with Crippen molar-refractivity contribution in [2.24, 2.45) is 17.8 Å². The van der Waals surface area contributed by atoms with Gasteiger partial charge in [0.15, 0.2) is 5.83 Å². The Labute approximate surface area is 188 Å². The molecule has 2 fully saturated rings. The van der Waals surface area contributed by atoms with E-state index < -0.39 is 12.2 Å². The topological polar surface area (TPSA) is 33.0 Å². The maximum Gasteiger partial charge on any atom is 0.573 e. The van der Waals surface area contributed by atoms with Crippen LogP contribution in [0.3, 0.4) is 0 Å². The molecule has 0 radical (unpaired) electrons. The average Bonchev–Trinajstić information content (AvgIpc) is 2.77. The molecule has 0 N–H and O–H groups in total. The molecule has 0 unspecified atom stereocenters. The van der Waals surface area contributed by atoms with Gasteiger partial charge in [-0.15, -0.1) is 13.2 Å². The van der Waals surface area contributed by atoms with Gasteiger partial charge in [0.05, 0.1) is 0 Å². The first kappa shape index (κ1) is 24.6. The molecule has 0 saturated heterocycles. The Kier molecular flexibility index (Phi) is 9.02. The number of benzene rings is 1. The molecule has 0 bridgehead atoms. The number of rotatable bonds is 8. The highest BCUT2D eigenvalue weighted by molar-refractivity contribution is 5.29. The normalized spacial score (nSPS) is 27.0. The number of alkyl halides is 3. The van der Waals surface area contributed by atoms with Crippen LogP contribution in [0.25, 0.3) is 0 Å². The van der Waals surface area contributed by atoms with Crippen LogP contribution >= 0.6 is 0 Å². The van der Waals surface area contributed by atoms with E-state index in [-0.39, 0.29) is 11.7 Å². The third kappa shape index (κ3) is 8.15. The van der Waals surface area contributed by atoms with Gasteiger partial charge < -0.3 is 4.74 Å². The van der Waals surface area contributed by atoms with Crippen LogP contribution < -0.4 is 4.74 Å². The first-order chi connectivity index (χ1) is 15.3. The molecule has 0 atom stereocenters. The summed E-state index contributed by atoms with van der Waals surface area (Å²) in [4.78, 5) is 0. The Hall–Kier alpha value is -2.03. The van der Waals surface area contributed by atoms with E-state index in [9.17, 15) is 17.6 Å². The van der Waals surface area contributed by atoms with Gasteiger partial charge in [-0.25, -0.2) is 0 Å². The smallest absolute Gasteiger partial charge is 0.406 e. The molecule has 0 heterocycles. The zero-order valence-electron chi connectivity index (χ0n) is 18.5. The zero-order valence-corrected chi connectivity index (χ0v) is 18.5. The molecule has 2 aliphatic carbocycles. The summed E-state index contributed by atoms with van der Waals surface area (Å²) >= 11 is 0. The number of unbranched alkanes of at least 4 members (excludes halogenated alkanes) is 1. The minimum atomic E-state index is -4.65. The summed E-state index contributed by atoms with van der Waals surface area (Å²) in [5.41, 5.74) is 1.11. The summed E-state index contributed by atoms with van der Waals surface area (Å²) < 4.78 is 53.9. The summed E-state index contributed by atoms with van der Waals surface area (Å²) in [6.07, 6.45) is 10.7. The van der Waals surface area contributed by atoms with Gasteiger partial charge >= 0.3 is 6.36 Å². The molecule has 2 nitrogen and oxygen atoms in total. The number of hydrogen-bond acceptors (Lipinski definition) is 2. The third-order valence-electron chi connectivity index (χ3n) is 7.29. The molecule has 0 aliphatic heterocycles. The number of allylic oxidation sites excluding steroid dienone is 2. The Morgan fingerprint density at radius 2 is 1.44 bits per heavy atom. The molecule has 176 valence electrons. The van der Waals surface area contributed by atoms with Gasteiger partial charge in [-0.2, -0.15) is 9.65 Å². The van der Waals surface area contributed by atoms with Crippen LogP contribution in [0.4, 0.5) is 17.6 Å². The van der Waals surface area contributed by atoms with Gasteiger partial charge in [0.2, 0.25) is 0 Å². The SMILES string of the molecule is N#C/C(F)=C/C1CCC(CCCCC2CCC(c3ccc(OC(F)(F)F)cc3)CC2)CC1. The van der Waals surface area contributed by atoms with Gasteiger partial charge in [0.25, 0.3) is 0 Å². The van der Waals surface area contributed by atoms with Crippen LogP contribution in [0.1, 0.15) is 88.5 Å². The second-order valence-corrected chi connectivity index (χ2v) is 9.53. The largest absolute Gasteiger partial charge is 0.573 e. The van der Waals surface area contributed by atoms with Crippen molar-refractivity contribution in [3.8, 4) is 11.8 Å². The van der Waals surface area contributed by atoms with Crippen molar-refractivity contribution in [3.05, 3.63) is 41.7 Å². The second kappa shape index (κ2) is 11.7. The van der Waals surface area contributed by atoms with E-state index in [1.165, 1.54) is 56.7 Å². The molecule has 32 heavy (non-hydrogen) atoms. The summed E-state index contributed by atoms with van der Waals surface area (Å²) in [6.45, 7) is 0. The van der Waals surface area contributed by atoms with E-state index in [1.807, 2.05) is 0 Å². The van der Waals surface area contributed by atoms with E-state index in [0.717, 1.165) is 55.9 Å². The van der Waals surface area contributed by atoms with Crippen molar-refractivity contribution in [2.45, 2.75) is 89.3 Å². The Balaban J connectivity index is 1.29. The van der Waals surface area contributed by atoms with Crippen molar-refractivity contribution < 1.29 is 22.3 Å². The lowest BCUT2D eigenvalue weighted by molar-refractivity contribution is -0.274. The molecule has 2 saturated carbocycles. The molecule has 1 aromatic rings. The minimum absolute atomic E-state index is 0.158. The molecule has 6 heteroatoms. The lowest BCUT2D eigenvalue weighted by atomic mass is 9.76. The van der Waals surface area contributed by atoms with Crippen molar-refractivity contribution in [2.75, 3.05) is 0 Å². The number of hydrogen-bond donors (Lipinski definition) is 0. The summed E-state index contributed by atoms with van der Waals surface area (Å²) in [5.74, 6) is 1.36. The van der Waals surface area contributed by atoms with E-state index in [0.29, 0.717) is 5.92 Å². The fourth-order valence-corrected chi connectivity index (χ4v) is 5.48. The van der Waals surface area contributed by atoms with Gasteiger partial charge in [0.1, 0.15) is 11.8 Å². The number of nitrogens with zero attached hydrogens (tertiary/aromatic N) is 1. The highest BCUT2D eigenvalue weighted by atomic mass is 19.4. The second-order valence-electron chi connectivity index (χ2n) is 9.53. The number of halogens is 4. The first-order valence-corrected chi connectivity index (χ1v) is 12.0. The molecular formula is C26H33F4NO. The third-order valence-corrected chi connectivity index (χ3v) is 7.29. The maximum atomic E-state index is 13.1. The predicted molar refractivity (Wildman–Crippen MR) is 117 cm³/mol. The maximum absolute atomic E-state index is 13.1. The fraction of sp³-hybridized carbons (Fsp3) is 0.654. The van der Waals surface area contributed by atoms with Crippen LogP contribution in [0, 0.1) is 29.1 Å². The average molecular weight is 452 g/mol. The first-order valence-electron chi connectivity index (χ1n) is 12.0. The standard InChI is InChI=1S/C26H33F4NO/c27-24(18-31)17-21-7-5-19(6-8-21)3-1-2-4-20-9-11-22(12-10-20)23-13-15-25(16-14-23)32-26(28,29)30/h13-17,19-22H,1-12H2/b24-17-. The minimum Gasteiger partial charge on any atom is -0.406 e. The number of ether oxygens (including phenoxy) is 1. The molecule has 0 amide bonds. The van der Waals surface area contributed by atoms with Gasteiger partial charge in [-0.1, -0.05) is 37.8 Å². The summed E-state index contributed by atoms with van der Waals surface area (Å²) in [6, 6.07) is 7.94. The van der Waals surface area contributed by atoms with Crippen molar-refractivity contribution in [1.29, 1.82) is 5.26 Å². The predicted octanol–water partition coefficient (Wildman–Crippen LogP) is 8.60. The monoisotopic (exact) mass is 451 g/mol. The molecule has 0 spiro atoms. The van der Waals surface area contributed by atoms with Gasteiger partial charge in [0, 0.05) is 0 Å². The van der Waals surface area contributed by atoms with Crippen LogP contribution in [0.15, 0.2) is 36.2 Å². The lowest BCUT2D eigenvalue weighted by Crippen LogP contribution is -2.17. The highest BCUT2D eigenvalue weighted by Gasteiger charge is 2.31. The van der Waals surface area contributed by atoms with Crippen molar-refractivity contribution >= 4 is 0 Å². The molecule has 2 aliphatic rings. The summed E-state index contributed by atoms with van der Waals surface area (Å²) in [7, 11) is 0. The van der Waals surface area contributed by atoms with E-state index >= 15 is 0 Å². The molecular weight excluding hydrogens is 418 g/mol. The van der Waals surface area contributed by atoms with Gasteiger partial charge in [-0.05, 0) is 98.8 Å². The van der Waals surface area contributed by atoms with Crippen LogP contribution in [-0.2, 0) is 0 Å². The molecule has 1 aromatic carbocycles. The van der Waals surface area contributed by atoms with E-state index in [1.54, 1.807) is 18.2 Å². The molecule has 0 aromatic heterocycles. The van der Waals surface area contributed by atoms with Crippen LogP contribution in [-0.4, -0.2) is 6.36 Å². The Bertz CT molecular complexity index is 765. The van der Waals surface area contributed by atoms with Crippen molar-refractivity contribution in [1.82, 2.24) is 0 Å². The van der Waals surface area contributed by atoms with E-state index in [2.05, 4.69) is 4.74 Å².